The molecule has 0 radical (unpaired) electrons. The highest BCUT2D eigenvalue weighted by Crippen LogP contribution is 2.45. The molecule has 3 aliphatic rings. The number of carbonyl (C=O) groups is 2. The summed E-state index contributed by atoms with van der Waals surface area (Å²) in [6, 6.07) is 8.12. The van der Waals surface area contributed by atoms with Crippen molar-refractivity contribution >= 4 is 23.2 Å². The van der Waals surface area contributed by atoms with Gasteiger partial charge in [-0.15, -0.1) is 5.10 Å². The maximum Gasteiger partial charge on any atom is 0.252 e. The van der Waals surface area contributed by atoms with E-state index in [0.29, 0.717) is 24.9 Å². The molecule has 0 spiro atoms. The minimum absolute atomic E-state index is 0.00529. The number of hydrogen-bond acceptors (Lipinski definition) is 6. The van der Waals surface area contributed by atoms with Crippen molar-refractivity contribution in [2.75, 3.05) is 9.80 Å². The third-order valence-electron chi connectivity index (χ3n) is 8.06. The standard InChI is InChI=1S/C28H41N7O2/c1-6-15-33-26(30-31-32-33)18(4)22(16-17(2)3)27(36)29-25-19(5)34(20-11-12-20)23-9-7-8-10-24(23)35(28(25)37)21-13-14-21/h7-10,17-22,25H,6,11-16H2,1-5H3,(H,29,36). The number of anilines is 2. The highest BCUT2D eigenvalue weighted by atomic mass is 16.2. The Morgan fingerprint density at radius 3 is 2.38 bits per heavy atom. The summed E-state index contributed by atoms with van der Waals surface area (Å²) in [6.45, 7) is 11.2. The van der Waals surface area contributed by atoms with Crippen LogP contribution in [0.25, 0.3) is 0 Å². The maximum atomic E-state index is 14.2. The lowest BCUT2D eigenvalue weighted by molar-refractivity contribution is -0.131. The average molecular weight is 508 g/mol. The van der Waals surface area contributed by atoms with E-state index in [9.17, 15) is 9.59 Å². The summed E-state index contributed by atoms with van der Waals surface area (Å²) in [5.41, 5.74) is 2.09. The number of aryl methyl sites for hydroxylation is 1. The van der Waals surface area contributed by atoms with E-state index in [2.05, 4.69) is 71.6 Å². The molecule has 9 heteroatoms. The van der Waals surface area contributed by atoms with Crippen molar-refractivity contribution in [3.8, 4) is 0 Å². The summed E-state index contributed by atoms with van der Waals surface area (Å²) in [6.07, 6.45) is 5.85. The highest BCUT2D eigenvalue weighted by Gasteiger charge is 2.48. The Hall–Kier alpha value is -2.97. The molecule has 2 aliphatic carbocycles. The molecular weight excluding hydrogens is 466 g/mol. The molecule has 1 aromatic carbocycles. The summed E-state index contributed by atoms with van der Waals surface area (Å²) in [7, 11) is 0. The van der Waals surface area contributed by atoms with Gasteiger partial charge in [-0.05, 0) is 73.9 Å². The van der Waals surface area contributed by atoms with Crippen molar-refractivity contribution in [1.82, 2.24) is 25.5 Å². The molecule has 200 valence electrons. The molecule has 2 heterocycles. The Balaban J connectivity index is 1.46. The molecule has 1 aromatic heterocycles. The third-order valence-corrected chi connectivity index (χ3v) is 8.06. The minimum Gasteiger partial charge on any atom is -0.362 e. The SMILES string of the molecule is CCCn1nnnc1C(C)C(CC(C)C)C(=O)NC1C(=O)N(C2CC2)c2ccccc2N(C2CC2)C1C. The van der Waals surface area contributed by atoms with Crippen LogP contribution in [0.1, 0.15) is 84.9 Å². The van der Waals surface area contributed by atoms with Gasteiger partial charge >= 0.3 is 0 Å². The van der Waals surface area contributed by atoms with Gasteiger partial charge < -0.3 is 15.1 Å². The van der Waals surface area contributed by atoms with Gasteiger partial charge in [-0.25, -0.2) is 4.68 Å². The molecule has 4 atom stereocenters. The van der Waals surface area contributed by atoms with E-state index >= 15 is 0 Å². The zero-order valence-electron chi connectivity index (χ0n) is 22.8. The van der Waals surface area contributed by atoms with Crippen LogP contribution in [-0.4, -0.2) is 56.2 Å². The van der Waals surface area contributed by atoms with Crippen LogP contribution in [0.15, 0.2) is 24.3 Å². The number of amides is 2. The van der Waals surface area contributed by atoms with Gasteiger partial charge in [0, 0.05) is 30.5 Å². The fourth-order valence-corrected chi connectivity index (χ4v) is 5.91. The topological polar surface area (TPSA) is 96.2 Å². The molecular formula is C28H41N7O2. The second-order valence-electron chi connectivity index (χ2n) is 11.6. The summed E-state index contributed by atoms with van der Waals surface area (Å²) in [4.78, 5) is 32.6. The van der Waals surface area contributed by atoms with E-state index in [1.54, 1.807) is 0 Å². The van der Waals surface area contributed by atoms with Crippen molar-refractivity contribution in [2.45, 2.75) is 110 Å². The molecule has 1 aliphatic heterocycles. The number of fused-ring (bicyclic) bond motifs is 1. The molecule has 0 bridgehead atoms. The predicted octanol–water partition coefficient (Wildman–Crippen LogP) is 3.90. The third kappa shape index (κ3) is 5.09. The summed E-state index contributed by atoms with van der Waals surface area (Å²) < 4.78 is 1.81. The number of benzene rings is 1. The first-order chi connectivity index (χ1) is 17.8. The van der Waals surface area contributed by atoms with Crippen molar-refractivity contribution in [1.29, 1.82) is 0 Å². The van der Waals surface area contributed by atoms with Crippen LogP contribution in [0, 0.1) is 11.8 Å². The molecule has 5 rings (SSSR count). The number of carbonyl (C=O) groups excluding carboxylic acids is 2. The van der Waals surface area contributed by atoms with Crippen molar-refractivity contribution in [3.05, 3.63) is 30.1 Å². The smallest absolute Gasteiger partial charge is 0.252 e. The minimum atomic E-state index is -0.616. The number of tetrazole rings is 1. The van der Waals surface area contributed by atoms with Crippen LogP contribution < -0.4 is 15.1 Å². The van der Waals surface area contributed by atoms with Crippen molar-refractivity contribution < 1.29 is 9.59 Å². The van der Waals surface area contributed by atoms with E-state index in [4.69, 9.17) is 0 Å². The predicted molar refractivity (Wildman–Crippen MR) is 143 cm³/mol. The normalized spacial score (nSPS) is 23.6. The number of para-hydroxylation sites is 2. The van der Waals surface area contributed by atoms with Gasteiger partial charge in [-0.2, -0.15) is 0 Å². The van der Waals surface area contributed by atoms with Crippen LogP contribution in [0.2, 0.25) is 0 Å². The maximum absolute atomic E-state index is 14.2. The first-order valence-corrected chi connectivity index (χ1v) is 14.1. The summed E-state index contributed by atoms with van der Waals surface area (Å²) in [5, 5.41) is 15.6. The van der Waals surface area contributed by atoms with Gasteiger partial charge in [-0.3, -0.25) is 9.59 Å². The summed E-state index contributed by atoms with van der Waals surface area (Å²) >= 11 is 0. The number of rotatable bonds is 10. The molecule has 1 N–H and O–H groups in total. The average Bonchev–Trinajstić information content (AvgIpc) is 3.81. The molecule has 2 fully saturated rings. The number of aromatic nitrogens is 4. The van der Waals surface area contributed by atoms with Crippen LogP contribution in [0.5, 0.6) is 0 Å². The lowest BCUT2D eigenvalue weighted by atomic mass is 9.84. The molecule has 2 aromatic rings. The van der Waals surface area contributed by atoms with Gasteiger partial charge in [0.05, 0.1) is 17.4 Å². The molecule has 2 saturated carbocycles. The van der Waals surface area contributed by atoms with Gasteiger partial charge in [0.25, 0.3) is 5.91 Å². The second kappa shape index (κ2) is 10.4. The Morgan fingerprint density at radius 1 is 1.08 bits per heavy atom. The molecule has 2 amide bonds. The van der Waals surface area contributed by atoms with Crippen LogP contribution in [0.3, 0.4) is 0 Å². The first kappa shape index (κ1) is 25.7. The summed E-state index contributed by atoms with van der Waals surface area (Å²) in [5.74, 6) is 0.452. The van der Waals surface area contributed by atoms with E-state index in [1.807, 2.05) is 22.6 Å². The monoisotopic (exact) mass is 507 g/mol. The highest BCUT2D eigenvalue weighted by molar-refractivity contribution is 6.05. The van der Waals surface area contributed by atoms with Gasteiger partial charge in [0.2, 0.25) is 5.91 Å². The van der Waals surface area contributed by atoms with Gasteiger partial charge in [0.15, 0.2) is 5.82 Å². The Morgan fingerprint density at radius 2 is 1.76 bits per heavy atom. The van der Waals surface area contributed by atoms with E-state index in [-0.39, 0.29) is 35.7 Å². The van der Waals surface area contributed by atoms with Crippen molar-refractivity contribution in [3.63, 3.8) is 0 Å². The second-order valence-corrected chi connectivity index (χ2v) is 11.6. The lowest BCUT2D eigenvalue weighted by Crippen LogP contribution is -2.58. The quantitative estimate of drug-likeness (QED) is 0.524. The zero-order valence-corrected chi connectivity index (χ0v) is 22.8. The largest absolute Gasteiger partial charge is 0.362 e. The molecule has 0 saturated heterocycles. The van der Waals surface area contributed by atoms with E-state index in [1.165, 1.54) is 0 Å². The van der Waals surface area contributed by atoms with Crippen LogP contribution in [-0.2, 0) is 16.1 Å². The van der Waals surface area contributed by atoms with Gasteiger partial charge in [-0.1, -0.05) is 39.8 Å². The van der Waals surface area contributed by atoms with E-state index < -0.39 is 6.04 Å². The fraction of sp³-hybridized carbons (Fsp3) is 0.679. The molecule has 4 unspecified atom stereocenters. The van der Waals surface area contributed by atoms with Crippen molar-refractivity contribution in [2.24, 2.45) is 11.8 Å². The molecule has 37 heavy (non-hydrogen) atoms. The fourth-order valence-electron chi connectivity index (χ4n) is 5.91. The Bertz CT molecular complexity index is 1120. The van der Waals surface area contributed by atoms with Crippen LogP contribution >= 0.6 is 0 Å². The lowest BCUT2D eigenvalue weighted by Gasteiger charge is -2.35. The van der Waals surface area contributed by atoms with Gasteiger partial charge in [0.1, 0.15) is 6.04 Å². The number of nitrogens with zero attached hydrogens (tertiary/aromatic N) is 6. The zero-order chi connectivity index (χ0) is 26.3. The first-order valence-electron chi connectivity index (χ1n) is 14.1. The molecule has 9 nitrogen and oxygen atoms in total. The Labute approximate surface area is 220 Å². The number of hydrogen-bond donors (Lipinski definition) is 1. The Kier molecular flexibility index (Phi) is 7.23. The number of nitrogens with one attached hydrogen (secondary N) is 1. The van der Waals surface area contributed by atoms with E-state index in [0.717, 1.165) is 49.3 Å². The van der Waals surface area contributed by atoms with Crippen LogP contribution in [0.4, 0.5) is 11.4 Å².